The average molecular weight is 377 g/mol. The zero-order valence-electron chi connectivity index (χ0n) is 8.23. The summed E-state index contributed by atoms with van der Waals surface area (Å²) in [4.78, 5) is 0. The molecule has 1 nitrogen and oxygen atoms in total. The third-order valence-corrected chi connectivity index (χ3v) is 1.17. The van der Waals surface area contributed by atoms with Gasteiger partial charge in [0.1, 0.15) is 0 Å². The van der Waals surface area contributed by atoms with Gasteiger partial charge in [-0.2, -0.15) is 12.2 Å². The minimum absolute atomic E-state index is 0. The Balaban J connectivity index is -0.000000131. The van der Waals surface area contributed by atoms with Crippen LogP contribution in [0.1, 0.15) is 12.8 Å². The van der Waals surface area contributed by atoms with Gasteiger partial charge in [-0.1, -0.05) is 0 Å². The smallest absolute Gasteiger partial charge is 0.0319 e. The number of allylic oxidation sites excluding steroid dienone is 8. The van der Waals surface area contributed by atoms with Crippen LogP contribution in [0.3, 0.4) is 0 Å². The summed E-state index contributed by atoms with van der Waals surface area (Å²) in [6.07, 6.45) is 20.0. The predicted molar refractivity (Wildman–Crippen MR) is 58.5 cm³/mol. The molecule has 0 saturated carbocycles. The Labute approximate surface area is 111 Å². The third kappa shape index (κ3) is 14.6. The van der Waals surface area contributed by atoms with Gasteiger partial charge in [0.05, 0.1) is 0 Å². The molecule has 0 aromatic carbocycles. The van der Waals surface area contributed by atoms with Crippen LogP contribution in [0.2, 0.25) is 0 Å². The van der Waals surface area contributed by atoms with Gasteiger partial charge < -0.3 is 5.11 Å². The Hall–Kier alpha value is 0.0801. The predicted octanol–water partition coefficient (Wildman–Crippen LogP) is 2.64. The molecule has 14 heavy (non-hydrogen) atoms. The quantitative estimate of drug-likeness (QED) is 0.509. The molecule has 0 heterocycles. The second-order valence-electron chi connectivity index (χ2n) is 2.01. The molecule has 2 aliphatic rings. The van der Waals surface area contributed by atoms with Crippen molar-refractivity contribution < 1.29 is 30.9 Å². The maximum Gasteiger partial charge on any atom is 0.0319 e. The minimum atomic E-state index is 0. The summed E-state index contributed by atoms with van der Waals surface area (Å²) in [7, 11) is 1.00. The Bertz CT molecular complexity index is 153. The van der Waals surface area contributed by atoms with Crippen molar-refractivity contribution >= 4 is 12.4 Å². The number of aliphatic hydroxyl groups is 1. The first-order chi connectivity index (χ1) is 6.00. The van der Waals surface area contributed by atoms with E-state index in [-0.39, 0.29) is 38.3 Å². The van der Waals surface area contributed by atoms with Crippen LogP contribution in [-0.4, -0.2) is 12.2 Å². The van der Waals surface area contributed by atoms with Crippen molar-refractivity contribution in [1.29, 1.82) is 0 Å². The van der Waals surface area contributed by atoms with Crippen molar-refractivity contribution in [2.45, 2.75) is 12.8 Å². The van der Waals surface area contributed by atoms with Gasteiger partial charge in [0.25, 0.3) is 0 Å². The number of hydrogen-bond acceptors (Lipinski definition) is 1. The molecule has 0 aromatic rings. The summed E-state index contributed by atoms with van der Waals surface area (Å²) < 4.78 is 0. The van der Waals surface area contributed by atoms with Gasteiger partial charge in [-0.3, -0.25) is 12.2 Å². The Kier molecular flexibility index (Phi) is 26.3. The molecule has 0 spiro atoms. The summed E-state index contributed by atoms with van der Waals surface area (Å²) in [6.45, 7) is 0. The Morgan fingerprint density at radius 2 is 1.29 bits per heavy atom. The normalized spacial score (nSPS) is 13.0. The SMILES string of the molecule is CO.Cl.[C-]1=CC=CC1.[C-]1=CC=CC1.[Hf]. The van der Waals surface area contributed by atoms with Crippen LogP contribution < -0.4 is 0 Å². The summed E-state index contributed by atoms with van der Waals surface area (Å²) >= 11 is 0. The Morgan fingerprint density at radius 3 is 1.36 bits per heavy atom. The monoisotopic (exact) mass is 378 g/mol. The van der Waals surface area contributed by atoms with Crippen molar-refractivity contribution in [3.63, 3.8) is 0 Å². The van der Waals surface area contributed by atoms with E-state index in [1.807, 2.05) is 24.3 Å². The van der Waals surface area contributed by atoms with Crippen LogP contribution >= 0.6 is 12.4 Å². The summed E-state index contributed by atoms with van der Waals surface area (Å²) in [5, 5.41) is 7.00. The Morgan fingerprint density at radius 1 is 0.929 bits per heavy atom. The first-order valence-corrected chi connectivity index (χ1v) is 3.88. The van der Waals surface area contributed by atoms with Crippen molar-refractivity contribution in [3.8, 4) is 0 Å². The summed E-state index contributed by atoms with van der Waals surface area (Å²) in [5.41, 5.74) is 0. The molecule has 0 aliphatic heterocycles. The van der Waals surface area contributed by atoms with Gasteiger partial charge in [-0.15, -0.1) is 25.2 Å². The van der Waals surface area contributed by atoms with Gasteiger partial charge >= 0.3 is 0 Å². The number of hydrogen-bond donors (Lipinski definition) is 1. The fraction of sp³-hybridized carbons (Fsp3) is 0.273. The van der Waals surface area contributed by atoms with Gasteiger partial charge in [-0.05, 0) is 0 Å². The molecular weight excluding hydrogens is 362 g/mol. The fourth-order valence-electron chi connectivity index (χ4n) is 0.680. The molecule has 0 amide bonds. The molecule has 0 fully saturated rings. The largest absolute Gasteiger partial charge is 0.400 e. The van der Waals surface area contributed by atoms with E-state index >= 15 is 0 Å². The standard InChI is InChI=1S/2C5H5.CH4O.ClH.Hf/c2*1-2-4-5-3-1;1-2;;/h2*1-3H,4H2;2H,1H3;1H;/q2*-1;;;. The van der Waals surface area contributed by atoms with Gasteiger partial charge in [0.15, 0.2) is 0 Å². The van der Waals surface area contributed by atoms with Crippen LogP contribution in [0.5, 0.6) is 0 Å². The van der Waals surface area contributed by atoms with E-state index in [1.54, 1.807) is 0 Å². The van der Waals surface area contributed by atoms with Gasteiger partial charge in [-0.25, -0.2) is 24.3 Å². The molecule has 0 saturated heterocycles. The zero-order chi connectivity index (χ0) is 9.07. The van der Waals surface area contributed by atoms with E-state index in [0.717, 1.165) is 20.0 Å². The van der Waals surface area contributed by atoms with Crippen molar-refractivity contribution in [3.05, 3.63) is 48.6 Å². The van der Waals surface area contributed by atoms with Crippen LogP contribution in [0.25, 0.3) is 0 Å². The van der Waals surface area contributed by atoms with Crippen LogP contribution in [-0.2, 0) is 25.8 Å². The van der Waals surface area contributed by atoms with Gasteiger partial charge in [0, 0.05) is 33.0 Å². The van der Waals surface area contributed by atoms with E-state index in [0.29, 0.717) is 0 Å². The second-order valence-corrected chi connectivity index (χ2v) is 2.01. The molecule has 0 bridgehead atoms. The van der Waals surface area contributed by atoms with Crippen LogP contribution in [0.15, 0.2) is 36.5 Å². The minimum Gasteiger partial charge on any atom is -0.400 e. The number of rotatable bonds is 0. The van der Waals surface area contributed by atoms with E-state index < -0.39 is 0 Å². The van der Waals surface area contributed by atoms with E-state index in [2.05, 4.69) is 24.3 Å². The first-order valence-electron chi connectivity index (χ1n) is 3.88. The number of aliphatic hydroxyl groups excluding tert-OH is 1. The van der Waals surface area contributed by atoms with E-state index in [1.165, 1.54) is 0 Å². The molecule has 3 heteroatoms. The topological polar surface area (TPSA) is 20.2 Å². The second kappa shape index (κ2) is 18.8. The molecule has 1 N–H and O–H groups in total. The molecule has 0 unspecified atom stereocenters. The first kappa shape index (κ1) is 19.6. The fourth-order valence-corrected chi connectivity index (χ4v) is 0.680. The molecular formula is C11H15ClHfO-2. The third-order valence-electron chi connectivity index (χ3n) is 1.17. The summed E-state index contributed by atoms with van der Waals surface area (Å²) in [6, 6.07) is 0. The summed E-state index contributed by atoms with van der Waals surface area (Å²) in [5.74, 6) is 0. The molecule has 78 valence electrons. The van der Waals surface area contributed by atoms with Crippen molar-refractivity contribution in [1.82, 2.24) is 0 Å². The van der Waals surface area contributed by atoms with Gasteiger partial charge in [0.2, 0.25) is 0 Å². The van der Waals surface area contributed by atoms with Crippen LogP contribution in [0, 0.1) is 12.2 Å². The van der Waals surface area contributed by atoms with Crippen molar-refractivity contribution in [2.75, 3.05) is 7.11 Å². The zero-order valence-corrected chi connectivity index (χ0v) is 12.6. The number of halogens is 1. The van der Waals surface area contributed by atoms with E-state index in [9.17, 15) is 0 Å². The van der Waals surface area contributed by atoms with Crippen LogP contribution in [0.4, 0.5) is 0 Å². The molecule has 2 rings (SSSR count). The molecule has 2 aliphatic carbocycles. The average Bonchev–Trinajstić information content (AvgIpc) is 2.87. The molecule has 0 atom stereocenters. The maximum atomic E-state index is 7.00. The molecule has 0 aromatic heterocycles. The maximum absolute atomic E-state index is 7.00. The van der Waals surface area contributed by atoms with E-state index in [4.69, 9.17) is 5.11 Å². The molecule has 0 radical (unpaired) electrons. The van der Waals surface area contributed by atoms with Crippen molar-refractivity contribution in [2.24, 2.45) is 0 Å².